The molecule has 0 heterocycles. The van der Waals surface area contributed by atoms with Crippen LogP contribution in [0.15, 0.2) is 47.4 Å². The Kier molecular flexibility index (Phi) is 6.42. The summed E-state index contributed by atoms with van der Waals surface area (Å²) in [5.41, 5.74) is 0.975. The number of hydrogen-bond acceptors (Lipinski definition) is 2. The van der Waals surface area contributed by atoms with Crippen molar-refractivity contribution < 1.29 is 13.6 Å². The van der Waals surface area contributed by atoms with Crippen molar-refractivity contribution in [3.8, 4) is 0 Å². The van der Waals surface area contributed by atoms with Gasteiger partial charge in [-0.05, 0) is 42.3 Å². The van der Waals surface area contributed by atoms with Crippen LogP contribution in [0.2, 0.25) is 5.02 Å². The number of amides is 1. The van der Waals surface area contributed by atoms with E-state index in [4.69, 9.17) is 11.6 Å². The second-order valence-electron chi connectivity index (χ2n) is 4.94. The Hall–Kier alpha value is -1.59. The summed E-state index contributed by atoms with van der Waals surface area (Å²) in [6.45, 7) is 1.97. The highest BCUT2D eigenvalue weighted by molar-refractivity contribution is 8.00. The van der Waals surface area contributed by atoms with Crippen molar-refractivity contribution in [2.45, 2.75) is 24.3 Å². The molecule has 0 bridgehead atoms. The fourth-order valence-electron chi connectivity index (χ4n) is 2.07. The van der Waals surface area contributed by atoms with Gasteiger partial charge in [-0.15, -0.1) is 11.8 Å². The van der Waals surface area contributed by atoms with Crippen LogP contribution in [0.4, 0.5) is 8.78 Å². The fraction of sp³-hybridized carbons (Fsp3) is 0.235. The molecule has 0 saturated heterocycles. The van der Waals surface area contributed by atoms with E-state index in [2.05, 4.69) is 5.32 Å². The summed E-state index contributed by atoms with van der Waals surface area (Å²) in [5.74, 6) is -1.84. The van der Waals surface area contributed by atoms with Crippen LogP contribution in [0.3, 0.4) is 0 Å². The van der Waals surface area contributed by atoms with Crippen LogP contribution in [0, 0.1) is 11.6 Å². The van der Waals surface area contributed by atoms with E-state index in [9.17, 15) is 13.6 Å². The quantitative estimate of drug-likeness (QED) is 0.740. The van der Waals surface area contributed by atoms with Crippen molar-refractivity contribution in [2.24, 2.45) is 0 Å². The van der Waals surface area contributed by atoms with Gasteiger partial charge in [0.2, 0.25) is 5.91 Å². The van der Waals surface area contributed by atoms with Gasteiger partial charge in [0, 0.05) is 9.92 Å². The van der Waals surface area contributed by atoms with Crippen LogP contribution >= 0.6 is 23.4 Å². The SMILES string of the molecule is CC[C@H](NC(=O)CSc1ccc(F)c(F)c1)c1ccc(Cl)cc1. The molecule has 2 aromatic carbocycles. The zero-order valence-electron chi connectivity index (χ0n) is 12.5. The second kappa shape index (κ2) is 8.31. The first-order valence-electron chi connectivity index (χ1n) is 7.12. The highest BCUT2D eigenvalue weighted by Crippen LogP contribution is 2.22. The van der Waals surface area contributed by atoms with Crippen molar-refractivity contribution >= 4 is 29.3 Å². The van der Waals surface area contributed by atoms with E-state index in [1.165, 1.54) is 6.07 Å². The first-order valence-corrected chi connectivity index (χ1v) is 8.48. The van der Waals surface area contributed by atoms with Gasteiger partial charge in [0.15, 0.2) is 11.6 Å². The van der Waals surface area contributed by atoms with E-state index >= 15 is 0 Å². The lowest BCUT2D eigenvalue weighted by atomic mass is 10.0. The molecule has 2 aromatic rings. The fourth-order valence-corrected chi connectivity index (χ4v) is 2.93. The minimum Gasteiger partial charge on any atom is -0.349 e. The van der Waals surface area contributed by atoms with Gasteiger partial charge in [-0.25, -0.2) is 8.78 Å². The molecule has 1 N–H and O–H groups in total. The maximum atomic E-state index is 13.1. The van der Waals surface area contributed by atoms with Crippen molar-refractivity contribution in [2.75, 3.05) is 5.75 Å². The lowest BCUT2D eigenvalue weighted by Crippen LogP contribution is -2.29. The first-order chi connectivity index (χ1) is 11.0. The Labute approximate surface area is 143 Å². The molecule has 2 nitrogen and oxygen atoms in total. The average molecular weight is 356 g/mol. The highest BCUT2D eigenvalue weighted by atomic mass is 35.5. The Bertz CT molecular complexity index is 679. The van der Waals surface area contributed by atoms with Gasteiger partial charge in [0.1, 0.15) is 0 Å². The summed E-state index contributed by atoms with van der Waals surface area (Å²) in [4.78, 5) is 12.6. The smallest absolute Gasteiger partial charge is 0.230 e. The number of benzene rings is 2. The standard InChI is InChI=1S/C17H16ClF2NOS/c1-2-16(11-3-5-12(18)6-4-11)21-17(22)10-23-13-7-8-14(19)15(20)9-13/h3-9,16H,2,10H2,1H3,(H,21,22)/t16-/m0/s1. The highest BCUT2D eigenvalue weighted by Gasteiger charge is 2.13. The minimum absolute atomic E-state index is 0.106. The number of carbonyl (C=O) groups excluding carboxylic acids is 1. The molecule has 122 valence electrons. The number of thioether (sulfide) groups is 1. The Balaban J connectivity index is 1.92. The van der Waals surface area contributed by atoms with Crippen LogP contribution in [0.1, 0.15) is 24.9 Å². The minimum atomic E-state index is -0.914. The molecule has 23 heavy (non-hydrogen) atoms. The summed E-state index contributed by atoms with van der Waals surface area (Å²) >= 11 is 7.02. The first kappa shape index (κ1) is 17.8. The second-order valence-corrected chi connectivity index (χ2v) is 6.43. The molecule has 0 unspecified atom stereocenters. The maximum absolute atomic E-state index is 13.1. The van der Waals surface area contributed by atoms with E-state index in [0.29, 0.717) is 9.92 Å². The Morgan fingerprint density at radius 3 is 2.48 bits per heavy atom. The van der Waals surface area contributed by atoms with Gasteiger partial charge in [-0.1, -0.05) is 30.7 Å². The van der Waals surface area contributed by atoms with Gasteiger partial charge in [-0.3, -0.25) is 4.79 Å². The van der Waals surface area contributed by atoms with Crippen molar-refractivity contribution in [3.63, 3.8) is 0 Å². The van der Waals surface area contributed by atoms with E-state index in [-0.39, 0.29) is 17.7 Å². The number of hydrogen-bond donors (Lipinski definition) is 1. The van der Waals surface area contributed by atoms with Gasteiger partial charge in [0.25, 0.3) is 0 Å². The van der Waals surface area contributed by atoms with Crippen molar-refractivity contribution in [1.82, 2.24) is 5.32 Å². The summed E-state index contributed by atoms with van der Waals surface area (Å²) in [6.07, 6.45) is 0.739. The lowest BCUT2D eigenvalue weighted by Gasteiger charge is -2.17. The molecule has 6 heteroatoms. The molecule has 1 amide bonds. The summed E-state index contributed by atoms with van der Waals surface area (Å²) in [7, 11) is 0. The number of rotatable bonds is 6. The van der Waals surface area contributed by atoms with E-state index < -0.39 is 11.6 Å². The van der Waals surface area contributed by atoms with Crippen LogP contribution in [-0.4, -0.2) is 11.7 Å². The molecule has 1 atom stereocenters. The number of carbonyl (C=O) groups is 1. The largest absolute Gasteiger partial charge is 0.349 e. The van der Waals surface area contributed by atoms with Crippen LogP contribution in [0.5, 0.6) is 0 Å². The topological polar surface area (TPSA) is 29.1 Å². The van der Waals surface area contributed by atoms with E-state index in [1.807, 2.05) is 19.1 Å². The summed E-state index contributed by atoms with van der Waals surface area (Å²) < 4.78 is 26.0. The molecule has 0 saturated carbocycles. The van der Waals surface area contributed by atoms with Gasteiger partial charge >= 0.3 is 0 Å². The molecule has 0 fully saturated rings. The van der Waals surface area contributed by atoms with Gasteiger partial charge in [-0.2, -0.15) is 0 Å². The van der Waals surface area contributed by atoms with Crippen LogP contribution < -0.4 is 5.32 Å². The monoisotopic (exact) mass is 355 g/mol. The molecule has 0 aromatic heterocycles. The zero-order valence-corrected chi connectivity index (χ0v) is 14.1. The summed E-state index contributed by atoms with van der Waals surface area (Å²) in [6, 6.07) is 10.8. The van der Waals surface area contributed by atoms with Crippen molar-refractivity contribution in [1.29, 1.82) is 0 Å². The van der Waals surface area contributed by atoms with Gasteiger partial charge in [0.05, 0.1) is 11.8 Å². The third-order valence-corrected chi connectivity index (χ3v) is 4.52. The Morgan fingerprint density at radius 2 is 1.87 bits per heavy atom. The predicted octanol–water partition coefficient (Wildman–Crippen LogP) is 4.98. The lowest BCUT2D eigenvalue weighted by molar-refractivity contribution is -0.119. The Morgan fingerprint density at radius 1 is 1.17 bits per heavy atom. The molecule has 0 radical (unpaired) electrons. The molecular weight excluding hydrogens is 340 g/mol. The zero-order chi connectivity index (χ0) is 16.8. The van der Waals surface area contributed by atoms with Crippen LogP contribution in [-0.2, 0) is 4.79 Å². The summed E-state index contributed by atoms with van der Waals surface area (Å²) in [5, 5.41) is 3.57. The van der Waals surface area contributed by atoms with E-state index in [0.717, 1.165) is 35.9 Å². The van der Waals surface area contributed by atoms with Crippen molar-refractivity contribution in [3.05, 3.63) is 64.7 Å². The van der Waals surface area contributed by atoms with E-state index in [1.54, 1.807) is 12.1 Å². The molecule has 0 aliphatic heterocycles. The van der Waals surface area contributed by atoms with Crippen LogP contribution in [0.25, 0.3) is 0 Å². The number of halogens is 3. The third-order valence-electron chi connectivity index (χ3n) is 3.28. The maximum Gasteiger partial charge on any atom is 0.230 e. The molecule has 2 rings (SSSR count). The normalized spacial score (nSPS) is 12.0. The average Bonchev–Trinajstić information content (AvgIpc) is 2.54. The molecule has 0 aliphatic rings. The molecule has 0 spiro atoms. The molecule has 0 aliphatic carbocycles. The van der Waals surface area contributed by atoms with Gasteiger partial charge < -0.3 is 5.32 Å². The molecular formula is C17H16ClF2NOS. The predicted molar refractivity (Wildman–Crippen MR) is 89.7 cm³/mol. The number of nitrogens with one attached hydrogen (secondary N) is 1. The third kappa shape index (κ3) is 5.22.